The third kappa shape index (κ3) is 5.49. The van der Waals surface area contributed by atoms with Crippen molar-refractivity contribution >= 4 is 29.9 Å². The van der Waals surface area contributed by atoms with Crippen LogP contribution in [0.15, 0.2) is 29.3 Å². The molecule has 2 rings (SSSR count). The van der Waals surface area contributed by atoms with Crippen LogP contribution in [0.25, 0.3) is 0 Å². The van der Waals surface area contributed by atoms with E-state index in [9.17, 15) is 0 Å². The van der Waals surface area contributed by atoms with Gasteiger partial charge in [-0.05, 0) is 30.9 Å². The van der Waals surface area contributed by atoms with Gasteiger partial charge in [-0.3, -0.25) is 4.99 Å². The lowest BCUT2D eigenvalue weighted by Gasteiger charge is -2.12. The summed E-state index contributed by atoms with van der Waals surface area (Å²) in [7, 11) is 1.85. The summed E-state index contributed by atoms with van der Waals surface area (Å²) in [5.41, 5.74) is 2.87. The first-order chi connectivity index (χ1) is 9.76. The Morgan fingerprint density at radius 1 is 1.29 bits per heavy atom. The molecule has 0 heterocycles. The van der Waals surface area contributed by atoms with Crippen molar-refractivity contribution in [3.63, 3.8) is 0 Å². The van der Waals surface area contributed by atoms with Crippen molar-refractivity contribution in [3.8, 4) is 0 Å². The molecule has 0 aliphatic heterocycles. The lowest BCUT2D eigenvalue weighted by molar-refractivity contribution is 0.681. The molecule has 1 aliphatic rings. The van der Waals surface area contributed by atoms with Gasteiger partial charge >= 0.3 is 0 Å². The van der Waals surface area contributed by atoms with Crippen molar-refractivity contribution in [1.82, 2.24) is 10.6 Å². The predicted molar refractivity (Wildman–Crippen MR) is 102 cm³/mol. The highest BCUT2D eigenvalue weighted by molar-refractivity contribution is 14.0. The van der Waals surface area contributed by atoms with E-state index in [0.29, 0.717) is 12.0 Å². The number of halogens is 1. The zero-order valence-corrected chi connectivity index (χ0v) is 15.7. The molecule has 0 bridgehead atoms. The molecule has 0 aromatic heterocycles. The summed E-state index contributed by atoms with van der Waals surface area (Å²) in [5, 5.41) is 6.93. The van der Waals surface area contributed by atoms with E-state index in [4.69, 9.17) is 0 Å². The number of hydrogen-bond donors (Lipinski definition) is 2. The maximum Gasteiger partial charge on any atom is 0.191 e. The van der Waals surface area contributed by atoms with Gasteiger partial charge in [0.15, 0.2) is 5.96 Å². The Kier molecular flexibility index (Phi) is 8.07. The molecule has 1 aliphatic carbocycles. The van der Waals surface area contributed by atoms with Gasteiger partial charge in [-0.15, -0.1) is 24.0 Å². The number of aliphatic imine (C=N–C) groups is 1. The smallest absolute Gasteiger partial charge is 0.191 e. The Morgan fingerprint density at radius 3 is 2.71 bits per heavy atom. The summed E-state index contributed by atoms with van der Waals surface area (Å²) in [6.45, 7) is 5.43. The van der Waals surface area contributed by atoms with Crippen LogP contribution in [-0.2, 0) is 0 Å². The molecule has 2 N–H and O–H groups in total. The van der Waals surface area contributed by atoms with E-state index < -0.39 is 0 Å². The van der Waals surface area contributed by atoms with Crippen molar-refractivity contribution in [1.29, 1.82) is 0 Å². The molecule has 0 spiro atoms. The molecule has 0 amide bonds. The molecule has 4 heteroatoms. The van der Waals surface area contributed by atoms with Gasteiger partial charge in [0.25, 0.3) is 0 Å². The highest BCUT2D eigenvalue weighted by Crippen LogP contribution is 2.41. The van der Waals surface area contributed by atoms with E-state index in [1.807, 2.05) is 7.05 Å². The largest absolute Gasteiger partial charge is 0.356 e. The minimum Gasteiger partial charge on any atom is -0.356 e. The predicted octanol–water partition coefficient (Wildman–Crippen LogP) is 3.82. The zero-order valence-electron chi connectivity index (χ0n) is 13.4. The molecule has 1 aromatic rings. The first kappa shape index (κ1) is 18.3. The first-order valence-electron chi connectivity index (χ1n) is 7.79. The number of nitrogens with one attached hydrogen (secondary N) is 2. The average molecular weight is 401 g/mol. The van der Waals surface area contributed by atoms with Crippen LogP contribution in [0.5, 0.6) is 0 Å². The van der Waals surface area contributed by atoms with Gasteiger partial charge in [0.2, 0.25) is 0 Å². The second-order valence-corrected chi connectivity index (χ2v) is 5.66. The van der Waals surface area contributed by atoms with E-state index in [2.05, 4.69) is 53.7 Å². The third-order valence-electron chi connectivity index (χ3n) is 4.00. The summed E-state index contributed by atoms with van der Waals surface area (Å²) in [6, 6.07) is 9.23. The fourth-order valence-corrected chi connectivity index (χ4v) is 2.65. The van der Waals surface area contributed by atoms with Gasteiger partial charge in [-0.25, -0.2) is 0 Å². The molecule has 3 nitrogen and oxygen atoms in total. The molecule has 2 atom stereocenters. The second kappa shape index (κ2) is 9.28. The Hall–Kier alpha value is -0.780. The minimum atomic E-state index is 0. The third-order valence-corrected chi connectivity index (χ3v) is 4.00. The summed E-state index contributed by atoms with van der Waals surface area (Å²) < 4.78 is 0. The average Bonchev–Trinajstić information content (AvgIpc) is 3.22. The highest BCUT2D eigenvalue weighted by Gasteiger charge is 2.39. The zero-order chi connectivity index (χ0) is 14.4. The molecule has 1 aromatic carbocycles. The number of unbranched alkanes of at least 4 members (excludes halogenated alkanes) is 2. The number of hydrogen-bond acceptors (Lipinski definition) is 1. The highest BCUT2D eigenvalue weighted by atomic mass is 127. The molecule has 118 valence electrons. The molecular formula is C17H28IN3. The summed E-state index contributed by atoms with van der Waals surface area (Å²) in [6.07, 6.45) is 4.95. The van der Waals surface area contributed by atoms with Crippen molar-refractivity contribution in [2.24, 2.45) is 4.99 Å². The van der Waals surface area contributed by atoms with Crippen LogP contribution in [0.4, 0.5) is 0 Å². The van der Waals surface area contributed by atoms with Crippen molar-refractivity contribution in [2.75, 3.05) is 13.6 Å². The maximum atomic E-state index is 4.31. The van der Waals surface area contributed by atoms with E-state index >= 15 is 0 Å². The van der Waals surface area contributed by atoms with Crippen molar-refractivity contribution in [3.05, 3.63) is 35.4 Å². The van der Waals surface area contributed by atoms with E-state index in [1.165, 1.54) is 36.8 Å². The summed E-state index contributed by atoms with van der Waals surface area (Å²) in [4.78, 5) is 4.31. The number of aryl methyl sites for hydroxylation is 1. The van der Waals surface area contributed by atoms with Crippen LogP contribution in [0.1, 0.15) is 49.7 Å². The van der Waals surface area contributed by atoms with Gasteiger partial charge in [-0.1, -0.05) is 44.0 Å². The maximum absolute atomic E-state index is 4.31. The molecule has 1 fully saturated rings. The standard InChI is InChI=1S/C17H27N3.HI/c1-4-5-8-11-19-17(18-3)20-16-12-15(16)14-10-7-6-9-13(14)2;/h6-7,9-10,15-16H,4-5,8,11-12H2,1-3H3,(H2,18,19,20);1H. The topological polar surface area (TPSA) is 36.4 Å². The van der Waals surface area contributed by atoms with Gasteiger partial charge in [0.05, 0.1) is 0 Å². The van der Waals surface area contributed by atoms with Crippen molar-refractivity contribution < 1.29 is 0 Å². The Morgan fingerprint density at radius 2 is 2.05 bits per heavy atom. The minimum absolute atomic E-state index is 0. The Labute approximate surface area is 146 Å². The van der Waals surface area contributed by atoms with E-state index in [-0.39, 0.29) is 24.0 Å². The van der Waals surface area contributed by atoms with Gasteiger partial charge in [-0.2, -0.15) is 0 Å². The molecule has 0 saturated heterocycles. The van der Waals surface area contributed by atoms with Crippen molar-refractivity contribution in [2.45, 2.75) is 51.5 Å². The Balaban J connectivity index is 0.00000220. The van der Waals surface area contributed by atoms with Crippen LogP contribution in [0.3, 0.4) is 0 Å². The monoisotopic (exact) mass is 401 g/mol. The SMILES string of the molecule is CCCCCNC(=NC)NC1CC1c1ccccc1C.I. The molecule has 21 heavy (non-hydrogen) atoms. The van der Waals surface area contributed by atoms with Crippen LogP contribution in [0, 0.1) is 6.92 Å². The molecule has 0 radical (unpaired) electrons. The first-order valence-corrected chi connectivity index (χ1v) is 7.79. The molecule has 1 saturated carbocycles. The molecular weight excluding hydrogens is 373 g/mol. The quantitative estimate of drug-likeness (QED) is 0.329. The van der Waals surface area contributed by atoms with Crippen LogP contribution in [0.2, 0.25) is 0 Å². The fraction of sp³-hybridized carbons (Fsp3) is 0.588. The number of nitrogens with zero attached hydrogens (tertiary/aromatic N) is 1. The van der Waals surface area contributed by atoms with Crippen LogP contribution in [-0.4, -0.2) is 25.6 Å². The van der Waals surface area contributed by atoms with E-state index in [1.54, 1.807) is 0 Å². The van der Waals surface area contributed by atoms with Gasteiger partial charge in [0.1, 0.15) is 0 Å². The summed E-state index contributed by atoms with van der Waals surface area (Å²) in [5.74, 6) is 1.59. The normalized spacial score (nSPS) is 20.6. The fourth-order valence-electron chi connectivity index (χ4n) is 2.65. The summed E-state index contributed by atoms with van der Waals surface area (Å²) >= 11 is 0. The number of rotatable bonds is 6. The van der Waals surface area contributed by atoms with Gasteiger partial charge < -0.3 is 10.6 Å². The van der Waals surface area contributed by atoms with Crippen LogP contribution >= 0.6 is 24.0 Å². The Bertz CT molecular complexity index is 459. The number of benzene rings is 1. The number of guanidine groups is 1. The lowest BCUT2D eigenvalue weighted by Crippen LogP contribution is -2.39. The van der Waals surface area contributed by atoms with Crippen LogP contribution < -0.4 is 10.6 Å². The lowest BCUT2D eigenvalue weighted by atomic mass is 10.0. The molecule has 2 unspecified atom stereocenters. The van der Waals surface area contributed by atoms with Gasteiger partial charge in [0, 0.05) is 25.6 Å². The van der Waals surface area contributed by atoms with E-state index in [0.717, 1.165) is 12.5 Å². The second-order valence-electron chi connectivity index (χ2n) is 5.66.